The van der Waals surface area contributed by atoms with Gasteiger partial charge in [0.2, 0.25) is 5.91 Å². The Morgan fingerprint density at radius 2 is 1.77 bits per heavy atom. The minimum Gasteiger partial charge on any atom is -0.348 e. The molecule has 1 N–H and O–H groups in total. The molecule has 1 atom stereocenters. The summed E-state index contributed by atoms with van der Waals surface area (Å²) in [5.41, 5.74) is 3.91. The number of hydrogen-bond acceptors (Lipinski definition) is 4. The van der Waals surface area contributed by atoms with E-state index in [9.17, 15) is 9.59 Å². The zero-order valence-electron chi connectivity index (χ0n) is 17.9. The van der Waals surface area contributed by atoms with Crippen molar-refractivity contribution in [2.24, 2.45) is 0 Å². The topological polar surface area (TPSA) is 81.3 Å². The van der Waals surface area contributed by atoms with Gasteiger partial charge in [0.05, 0.1) is 11.7 Å². The first kappa shape index (κ1) is 20.5. The molecular weight excluding hydrogens is 390 g/mol. The van der Waals surface area contributed by atoms with Crippen LogP contribution in [0.3, 0.4) is 0 Å². The van der Waals surface area contributed by atoms with Crippen molar-refractivity contribution in [3.8, 4) is 11.3 Å². The third-order valence-electron chi connectivity index (χ3n) is 5.36. The Morgan fingerprint density at radius 1 is 1.06 bits per heavy atom. The summed E-state index contributed by atoms with van der Waals surface area (Å²) in [6, 6.07) is 19.4. The summed E-state index contributed by atoms with van der Waals surface area (Å²) in [6.45, 7) is 5.63. The molecule has 0 saturated heterocycles. The molecule has 31 heavy (non-hydrogen) atoms. The van der Waals surface area contributed by atoms with Crippen LogP contribution in [0.2, 0.25) is 0 Å². The fourth-order valence-electron chi connectivity index (χ4n) is 3.58. The Hall–Kier alpha value is -3.74. The van der Waals surface area contributed by atoms with Crippen LogP contribution >= 0.6 is 0 Å². The number of carbonyl (C=O) groups is 1. The maximum Gasteiger partial charge on any atom is 0.293 e. The van der Waals surface area contributed by atoms with Crippen LogP contribution in [-0.4, -0.2) is 25.3 Å². The number of aromatic nitrogens is 4. The van der Waals surface area contributed by atoms with Crippen molar-refractivity contribution in [2.75, 3.05) is 0 Å². The first-order chi connectivity index (χ1) is 15.0. The van der Waals surface area contributed by atoms with Crippen molar-refractivity contribution in [3.05, 3.63) is 88.0 Å². The molecule has 0 radical (unpaired) electrons. The second kappa shape index (κ2) is 8.55. The molecule has 7 nitrogen and oxygen atoms in total. The summed E-state index contributed by atoms with van der Waals surface area (Å²) >= 11 is 0. The van der Waals surface area contributed by atoms with Crippen LogP contribution in [0, 0.1) is 6.92 Å². The number of hydrogen-bond donors (Lipinski definition) is 1. The van der Waals surface area contributed by atoms with Crippen LogP contribution in [0.25, 0.3) is 16.8 Å². The normalized spacial score (nSPS) is 12.1. The fraction of sp³-hybridized carbons (Fsp3) is 0.250. The third-order valence-corrected chi connectivity index (χ3v) is 5.36. The van der Waals surface area contributed by atoms with Crippen LogP contribution in [0.1, 0.15) is 36.8 Å². The second-order valence-electron chi connectivity index (χ2n) is 7.59. The number of benzene rings is 2. The molecule has 4 aromatic rings. The Balaban J connectivity index is 1.59. The smallest absolute Gasteiger partial charge is 0.293 e. The summed E-state index contributed by atoms with van der Waals surface area (Å²) in [5.74, 6) is 0.263. The van der Waals surface area contributed by atoms with E-state index < -0.39 is 0 Å². The minimum absolute atomic E-state index is 0.154. The Labute approximate surface area is 180 Å². The van der Waals surface area contributed by atoms with E-state index in [1.165, 1.54) is 14.8 Å². The quantitative estimate of drug-likeness (QED) is 0.524. The molecule has 0 unspecified atom stereocenters. The van der Waals surface area contributed by atoms with Crippen LogP contribution in [-0.2, 0) is 17.8 Å². The van der Waals surface area contributed by atoms with Gasteiger partial charge in [-0.05, 0) is 37.5 Å². The van der Waals surface area contributed by atoms with Gasteiger partial charge in [0, 0.05) is 5.56 Å². The average molecular weight is 415 g/mol. The Kier molecular flexibility index (Phi) is 5.66. The molecule has 0 aliphatic carbocycles. The van der Waals surface area contributed by atoms with Gasteiger partial charge >= 0.3 is 0 Å². The highest BCUT2D eigenvalue weighted by atomic mass is 16.2. The standard InChI is InChI=1S/C24H25N5O2/c1-4-18-10-12-20(13-11-18)21-14-22-24(31)28(26-17(3)29(22)27-21)15-23(30)25-16(2)19-8-6-5-7-9-19/h5-14,16H,4,15H2,1-3H3,(H,25,30)/t16-/m1/s1. The molecule has 0 fully saturated rings. The van der Waals surface area contributed by atoms with Crippen molar-refractivity contribution >= 4 is 11.4 Å². The van der Waals surface area contributed by atoms with Crippen molar-refractivity contribution in [3.63, 3.8) is 0 Å². The average Bonchev–Trinajstić information content (AvgIpc) is 3.24. The molecule has 0 spiro atoms. The molecule has 2 aromatic heterocycles. The molecule has 1 amide bonds. The number of aryl methyl sites for hydroxylation is 2. The highest BCUT2D eigenvalue weighted by Gasteiger charge is 2.16. The van der Waals surface area contributed by atoms with Gasteiger partial charge in [-0.3, -0.25) is 9.59 Å². The molecule has 2 heterocycles. The summed E-state index contributed by atoms with van der Waals surface area (Å²) in [4.78, 5) is 25.5. The summed E-state index contributed by atoms with van der Waals surface area (Å²) in [7, 11) is 0. The van der Waals surface area contributed by atoms with E-state index in [1.807, 2.05) is 49.4 Å². The van der Waals surface area contributed by atoms with Crippen LogP contribution in [0.5, 0.6) is 0 Å². The van der Waals surface area contributed by atoms with Crippen LogP contribution < -0.4 is 10.9 Å². The molecule has 158 valence electrons. The van der Waals surface area contributed by atoms with E-state index >= 15 is 0 Å². The number of fused-ring (bicyclic) bond motifs is 1. The number of nitrogens with one attached hydrogen (secondary N) is 1. The molecule has 7 heteroatoms. The van der Waals surface area contributed by atoms with Crippen molar-refractivity contribution < 1.29 is 4.79 Å². The van der Waals surface area contributed by atoms with E-state index in [1.54, 1.807) is 13.0 Å². The fourth-order valence-corrected chi connectivity index (χ4v) is 3.58. The van der Waals surface area contributed by atoms with Gasteiger partial charge in [-0.15, -0.1) is 0 Å². The van der Waals surface area contributed by atoms with E-state index in [2.05, 4.69) is 34.6 Å². The summed E-state index contributed by atoms with van der Waals surface area (Å²) < 4.78 is 2.73. The number of rotatable bonds is 6. The zero-order valence-corrected chi connectivity index (χ0v) is 17.9. The monoisotopic (exact) mass is 415 g/mol. The van der Waals surface area contributed by atoms with Crippen molar-refractivity contribution in [1.82, 2.24) is 24.7 Å². The maximum atomic E-state index is 13.0. The number of carbonyl (C=O) groups excluding carboxylic acids is 1. The summed E-state index contributed by atoms with van der Waals surface area (Å²) in [5, 5.41) is 11.8. The molecule has 0 aliphatic rings. The van der Waals surface area contributed by atoms with Gasteiger partial charge in [-0.2, -0.15) is 10.2 Å². The molecule has 0 bridgehead atoms. The lowest BCUT2D eigenvalue weighted by Crippen LogP contribution is -2.36. The first-order valence-electron chi connectivity index (χ1n) is 10.4. The number of amides is 1. The predicted molar refractivity (Wildman–Crippen MR) is 120 cm³/mol. The zero-order chi connectivity index (χ0) is 22.0. The van der Waals surface area contributed by atoms with Gasteiger partial charge in [0.25, 0.3) is 5.56 Å². The molecule has 4 rings (SSSR count). The lowest BCUT2D eigenvalue weighted by molar-refractivity contribution is -0.122. The Morgan fingerprint density at radius 3 is 2.45 bits per heavy atom. The number of nitrogens with zero attached hydrogens (tertiary/aromatic N) is 4. The lowest BCUT2D eigenvalue weighted by Gasteiger charge is -2.14. The lowest BCUT2D eigenvalue weighted by atomic mass is 10.1. The van der Waals surface area contributed by atoms with Gasteiger partial charge in [0.1, 0.15) is 17.9 Å². The molecule has 0 aliphatic heterocycles. The molecule has 0 saturated carbocycles. The van der Waals surface area contributed by atoms with Gasteiger partial charge in [-0.1, -0.05) is 61.5 Å². The largest absolute Gasteiger partial charge is 0.348 e. The van der Waals surface area contributed by atoms with E-state index in [0.717, 1.165) is 17.5 Å². The van der Waals surface area contributed by atoms with Crippen molar-refractivity contribution in [2.45, 2.75) is 39.8 Å². The van der Waals surface area contributed by atoms with Crippen molar-refractivity contribution in [1.29, 1.82) is 0 Å². The minimum atomic E-state index is -0.350. The van der Waals surface area contributed by atoms with Gasteiger partial charge in [-0.25, -0.2) is 9.20 Å². The van der Waals surface area contributed by atoms with Gasteiger partial charge < -0.3 is 5.32 Å². The van der Waals surface area contributed by atoms with E-state index in [0.29, 0.717) is 17.0 Å². The van der Waals surface area contributed by atoms with E-state index in [4.69, 9.17) is 0 Å². The Bertz CT molecular complexity index is 1270. The molecule has 2 aromatic carbocycles. The second-order valence-corrected chi connectivity index (χ2v) is 7.59. The SMILES string of the molecule is CCc1ccc(-c2cc3c(=O)n(CC(=O)N[C@H](C)c4ccccc4)nc(C)n3n2)cc1. The first-order valence-corrected chi connectivity index (χ1v) is 10.4. The maximum absolute atomic E-state index is 13.0. The third kappa shape index (κ3) is 4.26. The highest BCUT2D eigenvalue weighted by molar-refractivity contribution is 5.76. The highest BCUT2D eigenvalue weighted by Crippen LogP contribution is 2.20. The predicted octanol–water partition coefficient (Wildman–Crippen LogP) is 3.31. The molecular formula is C24H25N5O2. The van der Waals surface area contributed by atoms with Crippen LogP contribution in [0.4, 0.5) is 0 Å². The van der Waals surface area contributed by atoms with E-state index in [-0.39, 0.29) is 24.1 Å². The summed E-state index contributed by atoms with van der Waals surface area (Å²) in [6.07, 6.45) is 0.962. The van der Waals surface area contributed by atoms with Gasteiger partial charge in [0.15, 0.2) is 0 Å². The van der Waals surface area contributed by atoms with Crippen LogP contribution in [0.15, 0.2) is 65.5 Å².